The topological polar surface area (TPSA) is 77.5 Å². The summed E-state index contributed by atoms with van der Waals surface area (Å²) in [5, 5.41) is 11.3. The number of fused-ring (bicyclic) bond motifs is 1. The molecule has 186 valence electrons. The molecule has 0 aliphatic carbocycles. The van der Waals surface area contributed by atoms with Gasteiger partial charge in [0.1, 0.15) is 0 Å². The molecule has 1 amide bonds. The predicted molar refractivity (Wildman–Crippen MR) is 131 cm³/mol. The van der Waals surface area contributed by atoms with Gasteiger partial charge in [0.25, 0.3) is 0 Å². The molecule has 0 aromatic heterocycles. The summed E-state index contributed by atoms with van der Waals surface area (Å²) in [5.74, 6) is 2.78. The zero-order valence-electron chi connectivity index (χ0n) is 21.0. The van der Waals surface area contributed by atoms with E-state index in [2.05, 4.69) is 0 Å². The van der Waals surface area contributed by atoms with E-state index in [0.717, 1.165) is 36.1 Å². The number of amides is 1. The van der Waals surface area contributed by atoms with Crippen LogP contribution < -0.4 is 18.9 Å². The third kappa shape index (κ3) is 5.58. The monoisotopic (exact) mass is 471 g/mol. The molecule has 0 spiro atoms. The molecule has 1 aliphatic heterocycles. The van der Waals surface area contributed by atoms with E-state index in [4.69, 9.17) is 18.9 Å². The lowest BCUT2D eigenvalue weighted by molar-refractivity contribution is -0.132. The maximum absolute atomic E-state index is 12.9. The third-order valence-electron chi connectivity index (χ3n) is 6.81. The molecule has 3 rings (SSSR count). The van der Waals surface area contributed by atoms with Gasteiger partial charge in [-0.25, -0.2) is 0 Å². The molecule has 0 radical (unpaired) electrons. The van der Waals surface area contributed by atoms with Crippen LogP contribution in [0.15, 0.2) is 30.3 Å². The van der Waals surface area contributed by atoms with Gasteiger partial charge in [0, 0.05) is 19.5 Å². The van der Waals surface area contributed by atoms with Gasteiger partial charge >= 0.3 is 0 Å². The van der Waals surface area contributed by atoms with Crippen molar-refractivity contribution in [1.29, 1.82) is 0 Å². The first kappa shape index (κ1) is 25.7. The summed E-state index contributed by atoms with van der Waals surface area (Å²) in [6.45, 7) is 3.25. The predicted octanol–water partition coefficient (Wildman–Crippen LogP) is 4.46. The summed E-state index contributed by atoms with van der Waals surface area (Å²) >= 11 is 0. The average molecular weight is 472 g/mol. The summed E-state index contributed by atoms with van der Waals surface area (Å²) in [4.78, 5) is 14.8. The Kier molecular flexibility index (Phi) is 8.67. The Labute approximate surface area is 202 Å². The van der Waals surface area contributed by atoms with E-state index in [1.807, 2.05) is 42.2 Å². The number of hydrogen-bond donors (Lipinski definition) is 1. The maximum atomic E-state index is 12.9. The van der Waals surface area contributed by atoms with Crippen molar-refractivity contribution in [2.24, 2.45) is 0 Å². The van der Waals surface area contributed by atoms with Crippen LogP contribution in [0.2, 0.25) is 0 Å². The van der Waals surface area contributed by atoms with Crippen LogP contribution in [0.4, 0.5) is 0 Å². The molecule has 2 aromatic carbocycles. The van der Waals surface area contributed by atoms with Gasteiger partial charge in [-0.3, -0.25) is 4.79 Å². The van der Waals surface area contributed by atoms with Crippen LogP contribution in [0.5, 0.6) is 23.0 Å². The highest BCUT2D eigenvalue weighted by Crippen LogP contribution is 2.37. The fourth-order valence-corrected chi connectivity index (χ4v) is 4.60. The Morgan fingerprint density at radius 1 is 0.912 bits per heavy atom. The number of methoxy groups -OCH3 is 4. The SMILES string of the molecule is CCC(O)(CCCCC(=O)N1CCc2cc(OC)c(OC)cc2C1)c1ccc(OC)c(OC)c1. The van der Waals surface area contributed by atoms with Gasteiger partial charge in [-0.2, -0.15) is 0 Å². The number of aliphatic hydroxyl groups is 1. The van der Waals surface area contributed by atoms with Gasteiger partial charge in [-0.15, -0.1) is 0 Å². The van der Waals surface area contributed by atoms with Crippen molar-refractivity contribution in [3.05, 3.63) is 47.0 Å². The van der Waals surface area contributed by atoms with Crippen molar-refractivity contribution in [3.63, 3.8) is 0 Å². The molecule has 0 bridgehead atoms. The van der Waals surface area contributed by atoms with Crippen LogP contribution in [0.1, 0.15) is 55.7 Å². The molecular weight excluding hydrogens is 434 g/mol. The second kappa shape index (κ2) is 11.5. The van der Waals surface area contributed by atoms with E-state index in [1.54, 1.807) is 28.4 Å². The number of rotatable bonds is 11. The molecule has 7 heteroatoms. The molecule has 0 fully saturated rings. The van der Waals surface area contributed by atoms with Crippen LogP contribution in [0.25, 0.3) is 0 Å². The quantitative estimate of drug-likeness (QED) is 0.488. The summed E-state index contributed by atoms with van der Waals surface area (Å²) in [7, 11) is 6.43. The normalized spacial score (nSPS) is 14.7. The third-order valence-corrected chi connectivity index (χ3v) is 6.81. The molecule has 1 unspecified atom stereocenters. The van der Waals surface area contributed by atoms with Crippen molar-refractivity contribution in [1.82, 2.24) is 4.90 Å². The van der Waals surface area contributed by atoms with E-state index in [0.29, 0.717) is 49.6 Å². The molecule has 1 heterocycles. The lowest BCUT2D eigenvalue weighted by Crippen LogP contribution is -2.35. The Balaban J connectivity index is 1.56. The summed E-state index contributed by atoms with van der Waals surface area (Å²) < 4.78 is 21.5. The number of carbonyl (C=O) groups is 1. The summed E-state index contributed by atoms with van der Waals surface area (Å²) in [6, 6.07) is 9.51. The molecule has 1 aliphatic rings. The fraction of sp³-hybridized carbons (Fsp3) is 0.519. The van der Waals surface area contributed by atoms with Crippen LogP contribution in [-0.4, -0.2) is 50.9 Å². The molecule has 2 aromatic rings. The van der Waals surface area contributed by atoms with Crippen molar-refractivity contribution in [2.75, 3.05) is 35.0 Å². The summed E-state index contributed by atoms with van der Waals surface area (Å²) in [5.41, 5.74) is 2.13. The fourth-order valence-electron chi connectivity index (χ4n) is 4.60. The largest absolute Gasteiger partial charge is 0.493 e. The molecule has 1 atom stereocenters. The van der Waals surface area contributed by atoms with Crippen molar-refractivity contribution in [3.8, 4) is 23.0 Å². The number of unbranched alkanes of at least 4 members (excludes halogenated alkanes) is 1. The van der Waals surface area contributed by atoms with Gasteiger partial charge in [-0.1, -0.05) is 13.0 Å². The van der Waals surface area contributed by atoms with Gasteiger partial charge in [0.15, 0.2) is 23.0 Å². The zero-order valence-corrected chi connectivity index (χ0v) is 21.0. The van der Waals surface area contributed by atoms with Crippen LogP contribution in [-0.2, 0) is 23.4 Å². The van der Waals surface area contributed by atoms with Crippen LogP contribution >= 0.6 is 0 Å². The molecule has 0 saturated carbocycles. The molecular formula is C27H37NO6. The standard InChI is InChI=1S/C27H37NO6/c1-6-27(30,21-10-11-22(31-2)25(17-21)34-5)13-8-7-9-26(29)28-14-12-19-15-23(32-3)24(33-4)16-20(19)18-28/h10-11,15-17,30H,6-9,12-14,18H2,1-5H3. The number of benzene rings is 2. The first-order valence-corrected chi connectivity index (χ1v) is 11.9. The summed E-state index contributed by atoms with van der Waals surface area (Å²) in [6.07, 6.45) is 3.89. The van der Waals surface area contributed by atoms with Crippen molar-refractivity contribution in [2.45, 2.75) is 57.6 Å². The van der Waals surface area contributed by atoms with E-state index in [1.165, 1.54) is 5.56 Å². The highest BCUT2D eigenvalue weighted by molar-refractivity contribution is 5.76. The lowest BCUT2D eigenvalue weighted by atomic mass is 9.85. The van der Waals surface area contributed by atoms with Crippen molar-refractivity contribution >= 4 is 5.91 Å². The minimum absolute atomic E-state index is 0.145. The first-order chi connectivity index (χ1) is 16.4. The average Bonchev–Trinajstić information content (AvgIpc) is 2.88. The van der Waals surface area contributed by atoms with Crippen LogP contribution in [0, 0.1) is 0 Å². The Hall–Kier alpha value is -2.93. The lowest BCUT2D eigenvalue weighted by Gasteiger charge is -2.30. The van der Waals surface area contributed by atoms with E-state index < -0.39 is 5.60 Å². The van der Waals surface area contributed by atoms with Gasteiger partial charge in [0.2, 0.25) is 5.91 Å². The van der Waals surface area contributed by atoms with Crippen LogP contribution in [0.3, 0.4) is 0 Å². The van der Waals surface area contributed by atoms with E-state index in [9.17, 15) is 9.90 Å². The molecule has 1 N–H and O–H groups in total. The Bertz CT molecular complexity index is 991. The second-order valence-electron chi connectivity index (χ2n) is 8.70. The van der Waals surface area contributed by atoms with E-state index in [-0.39, 0.29) is 5.91 Å². The smallest absolute Gasteiger partial charge is 0.222 e. The molecule has 0 saturated heterocycles. The molecule has 7 nitrogen and oxygen atoms in total. The number of carbonyl (C=O) groups excluding carboxylic acids is 1. The second-order valence-corrected chi connectivity index (χ2v) is 8.70. The number of hydrogen-bond acceptors (Lipinski definition) is 6. The highest BCUT2D eigenvalue weighted by atomic mass is 16.5. The number of ether oxygens (including phenoxy) is 4. The highest BCUT2D eigenvalue weighted by Gasteiger charge is 2.28. The number of nitrogens with zero attached hydrogens (tertiary/aromatic N) is 1. The minimum atomic E-state index is -0.970. The Morgan fingerprint density at radius 3 is 2.15 bits per heavy atom. The Morgan fingerprint density at radius 2 is 1.53 bits per heavy atom. The van der Waals surface area contributed by atoms with Crippen molar-refractivity contribution < 1.29 is 28.8 Å². The first-order valence-electron chi connectivity index (χ1n) is 11.9. The zero-order chi connectivity index (χ0) is 24.7. The van der Waals surface area contributed by atoms with Gasteiger partial charge in [0.05, 0.1) is 34.0 Å². The minimum Gasteiger partial charge on any atom is -0.493 e. The van der Waals surface area contributed by atoms with E-state index >= 15 is 0 Å². The van der Waals surface area contributed by atoms with Gasteiger partial charge in [-0.05, 0) is 73.1 Å². The molecule has 34 heavy (non-hydrogen) atoms. The maximum Gasteiger partial charge on any atom is 0.222 e. The van der Waals surface area contributed by atoms with Gasteiger partial charge < -0.3 is 29.0 Å².